The van der Waals surface area contributed by atoms with Crippen LogP contribution >= 0.6 is 23.2 Å². The van der Waals surface area contributed by atoms with E-state index in [4.69, 9.17) is 23.2 Å². The molecule has 24 heavy (non-hydrogen) atoms. The molecule has 0 aromatic heterocycles. The Morgan fingerprint density at radius 2 is 1.33 bits per heavy atom. The topological polar surface area (TPSA) is 40.5 Å². The van der Waals surface area contributed by atoms with Crippen LogP contribution in [0.2, 0.25) is 10.0 Å². The Bertz CT molecular complexity index is 1100. The molecule has 4 aromatic rings. The molecule has 0 saturated heterocycles. The molecule has 4 aromatic carbocycles. The summed E-state index contributed by atoms with van der Waals surface area (Å²) in [4.78, 5) is 0. The largest absolute Gasteiger partial charge is 0.507 e. The predicted molar refractivity (Wildman–Crippen MR) is 100 cm³/mol. The second-order valence-corrected chi connectivity index (χ2v) is 6.56. The van der Waals surface area contributed by atoms with Gasteiger partial charge in [0.05, 0.1) is 0 Å². The molecule has 0 fully saturated rings. The van der Waals surface area contributed by atoms with Crippen molar-refractivity contribution in [3.8, 4) is 22.6 Å². The third kappa shape index (κ3) is 2.44. The average Bonchev–Trinajstić information content (AvgIpc) is 2.55. The summed E-state index contributed by atoms with van der Waals surface area (Å²) in [7, 11) is 0. The van der Waals surface area contributed by atoms with Crippen LogP contribution in [0.3, 0.4) is 0 Å². The van der Waals surface area contributed by atoms with E-state index in [9.17, 15) is 10.2 Å². The SMILES string of the molecule is Oc1cc(Cl)cc2ccc(-c3ccc4cc(Cl)ccc4c3O)cc12. The molecular formula is C20H12Cl2O2. The van der Waals surface area contributed by atoms with E-state index in [1.807, 2.05) is 36.4 Å². The minimum Gasteiger partial charge on any atom is -0.507 e. The van der Waals surface area contributed by atoms with Crippen molar-refractivity contribution in [2.24, 2.45) is 0 Å². The third-order valence-corrected chi connectivity index (χ3v) is 4.61. The number of halogens is 2. The average molecular weight is 355 g/mol. The van der Waals surface area contributed by atoms with Gasteiger partial charge in [0.25, 0.3) is 0 Å². The van der Waals surface area contributed by atoms with Crippen molar-refractivity contribution < 1.29 is 10.2 Å². The Kier molecular flexibility index (Phi) is 3.52. The molecule has 0 spiro atoms. The van der Waals surface area contributed by atoms with Gasteiger partial charge in [0.15, 0.2) is 0 Å². The predicted octanol–water partition coefficient (Wildman–Crippen LogP) is 6.38. The molecule has 0 aliphatic rings. The lowest BCUT2D eigenvalue weighted by Crippen LogP contribution is -1.83. The number of phenols is 2. The number of rotatable bonds is 1. The van der Waals surface area contributed by atoms with Gasteiger partial charge in [-0.15, -0.1) is 0 Å². The second kappa shape index (κ2) is 5.59. The van der Waals surface area contributed by atoms with Crippen molar-refractivity contribution in [1.82, 2.24) is 0 Å². The lowest BCUT2D eigenvalue weighted by molar-refractivity contribution is 0.481. The first-order valence-electron chi connectivity index (χ1n) is 7.37. The van der Waals surface area contributed by atoms with Crippen LogP contribution in [0.25, 0.3) is 32.7 Å². The Labute approximate surface area is 148 Å². The van der Waals surface area contributed by atoms with Crippen LogP contribution in [-0.4, -0.2) is 10.2 Å². The summed E-state index contributed by atoms with van der Waals surface area (Å²) in [5, 5.41) is 25.0. The van der Waals surface area contributed by atoms with Gasteiger partial charge in [0.1, 0.15) is 11.5 Å². The van der Waals surface area contributed by atoms with Crippen LogP contribution in [0.5, 0.6) is 11.5 Å². The highest BCUT2D eigenvalue weighted by atomic mass is 35.5. The van der Waals surface area contributed by atoms with Gasteiger partial charge in [-0.25, -0.2) is 0 Å². The molecule has 118 valence electrons. The molecule has 2 nitrogen and oxygen atoms in total. The summed E-state index contributed by atoms with van der Waals surface area (Å²) >= 11 is 12.0. The number of aromatic hydroxyl groups is 2. The molecule has 4 heteroatoms. The highest BCUT2D eigenvalue weighted by Crippen LogP contribution is 2.39. The zero-order valence-electron chi connectivity index (χ0n) is 12.4. The highest BCUT2D eigenvalue weighted by Gasteiger charge is 2.11. The lowest BCUT2D eigenvalue weighted by Gasteiger charge is -2.10. The Hall–Kier alpha value is -2.42. The van der Waals surface area contributed by atoms with Crippen molar-refractivity contribution in [3.63, 3.8) is 0 Å². The molecule has 4 rings (SSSR count). The normalized spacial score (nSPS) is 11.2. The number of phenolic OH excluding ortho intramolecular Hbond substituents is 2. The molecule has 0 radical (unpaired) electrons. The highest BCUT2D eigenvalue weighted by molar-refractivity contribution is 6.32. The summed E-state index contributed by atoms with van der Waals surface area (Å²) in [5.41, 5.74) is 1.51. The van der Waals surface area contributed by atoms with Gasteiger partial charge in [-0.1, -0.05) is 47.5 Å². The Morgan fingerprint density at radius 3 is 2.17 bits per heavy atom. The Morgan fingerprint density at radius 1 is 0.625 bits per heavy atom. The monoisotopic (exact) mass is 354 g/mol. The molecule has 0 aliphatic heterocycles. The van der Waals surface area contributed by atoms with Crippen LogP contribution in [0.1, 0.15) is 0 Å². The minimum atomic E-state index is 0.117. The van der Waals surface area contributed by atoms with Crippen molar-refractivity contribution in [3.05, 3.63) is 70.7 Å². The summed E-state index contributed by atoms with van der Waals surface area (Å²) in [6.45, 7) is 0. The number of hydrogen-bond donors (Lipinski definition) is 2. The van der Waals surface area contributed by atoms with E-state index in [1.165, 1.54) is 6.07 Å². The summed E-state index contributed by atoms with van der Waals surface area (Å²) in [6.07, 6.45) is 0. The zero-order valence-corrected chi connectivity index (χ0v) is 13.9. The van der Waals surface area contributed by atoms with Crippen molar-refractivity contribution in [2.75, 3.05) is 0 Å². The number of hydrogen-bond acceptors (Lipinski definition) is 2. The van der Waals surface area contributed by atoms with Gasteiger partial charge in [0.2, 0.25) is 0 Å². The number of fused-ring (bicyclic) bond motifs is 2. The fourth-order valence-corrected chi connectivity index (χ4v) is 3.39. The number of benzene rings is 4. The van der Waals surface area contributed by atoms with Gasteiger partial charge in [-0.05, 0) is 52.7 Å². The molecule has 0 atom stereocenters. The van der Waals surface area contributed by atoms with Gasteiger partial charge in [-0.2, -0.15) is 0 Å². The standard InChI is InChI=1S/C20H12Cl2O2/c21-14-4-6-17-11(7-14)3-5-16(20(17)24)13-2-1-12-8-15(22)10-19(23)18(12)9-13/h1-10,23-24H. The maximum absolute atomic E-state index is 10.7. The van der Waals surface area contributed by atoms with E-state index in [2.05, 4.69) is 0 Å². The van der Waals surface area contributed by atoms with E-state index >= 15 is 0 Å². The lowest BCUT2D eigenvalue weighted by atomic mass is 9.97. The van der Waals surface area contributed by atoms with E-state index in [0.717, 1.165) is 21.7 Å². The van der Waals surface area contributed by atoms with E-state index < -0.39 is 0 Å². The smallest absolute Gasteiger partial charge is 0.131 e. The fourth-order valence-electron chi connectivity index (χ4n) is 2.99. The maximum atomic E-state index is 10.7. The molecule has 0 amide bonds. The molecule has 0 aliphatic carbocycles. The molecule has 0 saturated carbocycles. The van der Waals surface area contributed by atoms with Crippen molar-refractivity contribution in [1.29, 1.82) is 0 Å². The molecule has 0 bridgehead atoms. The van der Waals surface area contributed by atoms with Crippen molar-refractivity contribution >= 4 is 44.7 Å². The second-order valence-electron chi connectivity index (χ2n) is 5.69. The first-order chi connectivity index (χ1) is 11.5. The van der Waals surface area contributed by atoms with Gasteiger partial charge in [0, 0.05) is 26.4 Å². The van der Waals surface area contributed by atoms with E-state index in [0.29, 0.717) is 21.0 Å². The van der Waals surface area contributed by atoms with Crippen molar-refractivity contribution in [2.45, 2.75) is 0 Å². The van der Waals surface area contributed by atoms with Gasteiger partial charge in [-0.3, -0.25) is 0 Å². The molecule has 0 heterocycles. The third-order valence-electron chi connectivity index (χ3n) is 4.16. The molecule has 2 N–H and O–H groups in total. The van der Waals surface area contributed by atoms with Crippen LogP contribution in [-0.2, 0) is 0 Å². The minimum absolute atomic E-state index is 0.117. The summed E-state index contributed by atoms with van der Waals surface area (Å²) in [5.74, 6) is 0.309. The molecule has 0 unspecified atom stereocenters. The first kappa shape index (κ1) is 15.1. The van der Waals surface area contributed by atoms with Gasteiger partial charge < -0.3 is 10.2 Å². The van der Waals surface area contributed by atoms with E-state index in [1.54, 1.807) is 18.2 Å². The van der Waals surface area contributed by atoms with Crippen LogP contribution in [0.15, 0.2) is 60.7 Å². The summed E-state index contributed by atoms with van der Waals surface area (Å²) < 4.78 is 0. The summed E-state index contributed by atoms with van der Waals surface area (Å²) in [6, 6.07) is 18.1. The van der Waals surface area contributed by atoms with Crippen LogP contribution in [0.4, 0.5) is 0 Å². The van der Waals surface area contributed by atoms with Crippen LogP contribution < -0.4 is 0 Å². The Balaban J connectivity index is 1.95. The quantitative estimate of drug-likeness (QED) is 0.416. The van der Waals surface area contributed by atoms with E-state index in [-0.39, 0.29) is 11.5 Å². The van der Waals surface area contributed by atoms with Gasteiger partial charge >= 0.3 is 0 Å². The zero-order chi connectivity index (χ0) is 16.8. The fraction of sp³-hybridized carbons (Fsp3) is 0. The molecular weight excluding hydrogens is 343 g/mol. The first-order valence-corrected chi connectivity index (χ1v) is 8.12. The maximum Gasteiger partial charge on any atom is 0.131 e. The van der Waals surface area contributed by atoms with Crippen LogP contribution in [0, 0.1) is 0 Å².